The van der Waals surface area contributed by atoms with Gasteiger partial charge in [-0.1, -0.05) is 30.3 Å². The summed E-state index contributed by atoms with van der Waals surface area (Å²) in [6, 6.07) is 13.2. The number of carbonyl (C=O) groups excluding carboxylic acids is 2. The molecule has 1 aliphatic heterocycles. The van der Waals surface area contributed by atoms with E-state index in [1.165, 1.54) is 29.7 Å². The van der Waals surface area contributed by atoms with Gasteiger partial charge in [0.05, 0.1) is 19.2 Å². The maximum Gasteiger partial charge on any atom is 0.416 e. The maximum absolute atomic E-state index is 14.1. The van der Waals surface area contributed by atoms with Crippen LogP contribution in [-0.4, -0.2) is 67.4 Å². The molecule has 2 aromatic rings. The number of benzene rings is 2. The summed E-state index contributed by atoms with van der Waals surface area (Å²) in [7, 11) is 5.36. The maximum atomic E-state index is 14.1. The Morgan fingerprint density at radius 3 is 2.23 bits per heavy atom. The molecule has 2 fully saturated rings. The van der Waals surface area contributed by atoms with E-state index >= 15 is 0 Å². The van der Waals surface area contributed by atoms with E-state index in [2.05, 4.69) is 31.1 Å². The molecule has 0 unspecified atom stereocenters. The molecule has 7 nitrogen and oxygen atoms in total. The highest BCUT2D eigenvalue weighted by Crippen LogP contribution is 2.45. The quantitative estimate of drug-likeness (QED) is 0.323. The first-order chi connectivity index (χ1) is 20.1. The molecule has 1 saturated carbocycles. The third kappa shape index (κ3) is 7.63. The van der Waals surface area contributed by atoms with Crippen molar-refractivity contribution in [1.82, 2.24) is 9.80 Å². The van der Waals surface area contributed by atoms with Gasteiger partial charge in [0.25, 0.3) is 0 Å². The van der Waals surface area contributed by atoms with Crippen LogP contribution in [0.5, 0.6) is 5.75 Å². The number of amides is 1. The van der Waals surface area contributed by atoms with Gasteiger partial charge < -0.3 is 14.2 Å². The molecule has 2 aliphatic rings. The molecular weight excluding hydrogens is 561 g/mol. The van der Waals surface area contributed by atoms with Crippen LogP contribution >= 0.6 is 0 Å². The van der Waals surface area contributed by atoms with Gasteiger partial charge in [-0.15, -0.1) is 0 Å². The largest absolute Gasteiger partial charge is 0.488 e. The second kappa shape index (κ2) is 12.8. The zero-order valence-electron chi connectivity index (χ0n) is 25.9. The highest BCUT2D eigenvalue weighted by Gasteiger charge is 2.44. The summed E-state index contributed by atoms with van der Waals surface area (Å²) in [5, 5.41) is 0. The molecule has 4 rings (SSSR count). The predicted octanol–water partition coefficient (Wildman–Crippen LogP) is 6.83. The molecule has 0 N–H and O–H groups in total. The fraction of sp³-hybridized carbons (Fsp3) is 0.576. The van der Waals surface area contributed by atoms with E-state index in [1.54, 1.807) is 20.8 Å². The van der Waals surface area contributed by atoms with Crippen LogP contribution in [0.25, 0.3) is 0 Å². The molecule has 0 spiro atoms. The average molecular weight is 605 g/mol. The molecule has 1 heterocycles. The normalized spacial score (nSPS) is 24.6. The van der Waals surface area contributed by atoms with Crippen molar-refractivity contribution in [2.24, 2.45) is 5.92 Å². The molecule has 10 heteroatoms. The molecule has 1 aliphatic carbocycles. The van der Waals surface area contributed by atoms with Gasteiger partial charge in [0.15, 0.2) is 0 Å². The summed E-state index contributed by atoms with van der Waals surface area (Å²) in [5.74, 6) is -0.247. The summed E-state index contributed by atoms with van der Waals surface area (Å²) in [6.07, 6.45) is -2.09. The molecule has 2 atom stereocenters. The minimum atomic E-state index is -4.50. The minimum absolute atomic E-state index is 0.0414. The molecule has 43 heavy (non-hydrogen) atoms. The topological polar surface area (TPSA) is 68.3 Å². The lowest BCUT2D eigenvalue weighted by atomic mass is 9.70. The molecule has 2 aromatic carbocycles. The Kier molecular flexibility index (Phi) is 9.69. The van der Waals surface area contributed by atoms with Crippen molar-refractivity contribution in [3.05, 3.63) is 65.2 Å². The summed E-state index contributed by atoms with van der Waals surface area (Å²) in [4.78, 5) is 28.8. The highest BCUT2D eigenvalue weighted by atomic mass is 19.4. The van der Waals surface area contributed by atoms with E-state index < -0.39 is 41.5 Å². The number of hydrogen-bond donors (Lipinski definition) is 0. The summed E-state index contributed by atoms with van der Waals surface area (Å²) in [6.45, 7) is 5.21. The zero-order chi connectivity index (χ0) is 31.6. The lowest BCUT2D eigenvalue weighted by Crippen LogP contribution is -2.44. The molecule has 1 amide bonds. The van der Waals surface area contributed by atoms with Gasteiger partial charge in [-0.25, -0.2) is 9.59 Å². The van der Waals surface area contributed by atoms with Gasteiger partial charge in [0.2, 0.25) is 0 Å². The lowest BCUT2D eigenvalue weighted by Gasteiger charge is -2.45. The number of methoxy groups -OCH3 is 1. The Morgan fingerprint density at radius 1 is 1.02 bits per heavy atom. The summed E-state index contributed by atoms with van der Waals surface area (Å²) in [5.41, 5.74) is -0.160. The summed E-state index contributed by atoms with van der Waals surface area (Å²) < 4.78 is 58.7. The van der Waals surface area contributed by atoms with Crippen LogP contribution in [0.2, 0.25) is 0 Å². The van der Waals surface area contributed by atoms with Gasteiger partial charge in [0, 0.05) is 12.0 Å². The number of alkyl halides is 3. The van der Waals surface area contributed by atoms with Crippen LogP contribution in [0.15, 0.2) is 48.5 Å². The van der Waals surface area contributed by atoms with Crippen LogP contribution in [0.3, 0.4) is 0 Å². The first-order valence-electron chi connectivity index (χ1n) is 14.8. The third-order valence-electron chi connectivity index (χ3n) is 8.66. The van der Waals surface area contributed by atoms with Crippen LogP contribution in [0.4, 0.5) is 18.0 Å². The Balaban J connectivity index is 1.51. The van der Waals surface area contributed by atoms with Gasteiger partial charge in [-0.2, -0.15) is 13.2 Å². The number of rotatable bonds is 7. The molecule has 0 bridgehead atoms. The van der Waals surface area contributed by atoms with E-state index in [0.717, 1.165) is 31.7 Å². The van der Waals surface area contributed by atoms with E-state index in [1.807, 2.05) is 18.2 Å². The predicted molar refractivity (Wildman–Crippen MR) is 157 cm³/mol. The van der Waals surface area contributed by atoms with Crippen molar-refractivity contribution in [1.29, 1.82) is 0 Å². The van der Waals surface area contributed by atoms with Crippen molar-refractivity contribution >= 4 is 12.1 Å². The molecule has 0 aromatic heterocycles. The van der Waals surface area contributed by atoms with Crippen molar-refractivity contribution in [3.8, 4) is 5.75 Å². The number of ether oxygens (including phenoxy) is 3. The molecule has 236 valence electrons. The van der Waals surface area contributed by atoms with Gasteiger partial charge in [0.1, 0.15) is 23.5 Å². The van der Waals surface area contributed by atoms with E-state index in [4.69, 9.17) is 14.2 Å². The van der Waals surface area contributed by atoms with Crippen LogP contribution in [0, 0.1) is 5.92 Å². The number of esters is 1. The van der Waals surface area contributed by atoms with Crippen LogP contribution in [0.1, 0.15) is 69.6 Å². The first-order valence-corrected chi connectivity index (χ1v) is 14.8. The fourth-order valence-corrected chi connectivity index (χ4v) is 6.46. The van der Waals surface area contributed by atoms with Crippen molar-refractivity contribution < 1.29 is 37.0 Å². The Labute approximate surface area is 252 Å². The molecule has 0 radical (unpaired) electrons. The molecule has 1 saturated heterocycles. The third-order valence-corrected chi connectivity index (χ3v) is 8.66. The zero-order valence-corrected chi connectivity index (χ0v) is 25.9. The van der Waals surface area contributed by atoms with Crippen molar-refractivity contribution in [2.45, 2.75) is 88.8 Å². The van der Waals surface area contributed by atoms with Crippen LogP contribution < -0.4 is 4.74 Å². The highest BCUT2D eigenvalue weighted by molar-refractivity contribution is 5.82. The lowest BCUT2D eigenvalue weighted by molar-refractivity contribution is -0.145. The Morgan fingerprint density at radius 2 is 1.67 bits per heavy atom. The van der Waals surface area contributed by atoms with Crippen LogP contribution in [-0.2, 0) is 32.4 Å². The number of hydrogen-bond acceptors (Lipinski definition) is 6. The number of halogens is 3. The SMILES string of the molecule is COC(=O)[C@@H]1C[C@H](Oc2ccc(C(F)(F)F)c(CC3CCC(c4ccccc4)(N(C)C)CC3)c2)CN1C(=O)OC(C)(C)C. The minimum Gasteiger partial charge on any atom is -0.488 e. The first kappa shape index (κ1) is 32.6. The molecular formula is C33H43F3N2O5. The van der Waals surface area contributed by atoms with E-state index in [-0.39, 0.29) is 42.2 Å². The smallest absolute Gasteiger partial charge is 0.416 e. The van der Waals surface area contributed by atoms with E-state index in [9.17, 15) is 22.8 Å². The number of carbonyl (C=O) groups is 2. The van der Waals surface area contributed by atoms with E-state index in [0.29, 0.717) is 0 Å². The number of likely N-dealkylation sites (tertiary alicyclic amines) is 1. The average Bonchev–Trinajstić information content (AvgIpc) is 3.36. The summed E-state index contributed by atoms with van der Waals surface area (Å²) >= 11 is 0. The van der Waals surface area contributed by atoms with Crippen molar-refractivity contribution in [2.75, 3.05) is 27.7 Å². The second-order valence-corrected chi connectivity index (χ2v) is 12.9. The Hall–Kier alpha value is -3.27. The van der Waals surface area contributed by atoms with Gasteiger partial charge in [-0.3, -0.25) is 9.80 Å². The second-order valence-electron chi connectivity index (χ2n) is 12.9. The van der Waals surface area contributed by atoms with Gasteiger partial charge >= 0.3 is 18.2 Å². The monoisotopic (exact) mass is 604 g/mol. The van der Waals surface area contributed by atoms with Gasteiger partial charge in [-0.05, 0) is 102 Å². The number of nitrogens with zero attached hydrogens (tertiary/aromatic N) is 2. The fourth-order valence-electron chi connectivity index (χ4n) is 6.46. The standard InChI is InChI=1S/C33H43F3N2O5/c1-31(2,3)43-30(40)38-21-26(20-28(38)29(39)41-6)42-25-12-13-27(33(34,35)36)23(19-25)18-22-14-16-32(17-15-22,37(4)5)24-10-8-7-9-11-24/h7-13,19,22,26,28H,14-18,20-21H2,1-6H3/t22?,26-,28-,32?/m0/s1. The Bertz CT molecular complexity index is 1270. The van der Waals surface area contributed by atoms with Crippen molar-refractivity contribution in [3.63, 3.8) is 0 Å².